The summed E-state index contributed by atoms with van der Waals surface area (Å²) in [6.45, 7) is 7.44. The lowest BCUT2D eigenvalue weighted by atomic mass is 10.1. The lowest BCUT2D eigenvalue weighted by Gasteiger charge is -2.15. The zero-order valence-corrected chi connectivity index (χ0v) is 14.5. The van der Waals surface area contributed by atoms with Crippen molar-refractivity contribution in [1.82, 2.24) is 15.2 Å². The topological polar surface area (TPSA) is 87.7 Å². The second-order valence-corrected chi connectivity index (χ2v) is 6.56. The van der Waals surface area contributed by atoms with Crippen molar-refractivity contribution in [3.05, 3.63) is 45.4 Å². The van der Waals surface area contributed by atoms with Gasteiger partial charge in [0.1, 0.15) is 5.69 Å². The first kappa shape index (κ1) is 17.2. The third-order valence-corrected chi connectivity index (χ3v) is 4.65. The van der Waals surface area contributed by atoms with Crippen LogP contribution in [0.1, 0.15) is 30.2 Å². The van der Waals surface area contributed by atoms with Gasteiger partial charge in [0.15, 0.2) is 5.16 Å². The molecule has 1 heterocycles. The van der Waals surface area contributed by atoms with E-state index in [-0.39, 0.29) is 16.7 Å². The number of anilines is 1. The molecule has 1 aromatic heterocycles. The monoisotopic (exact) mass is 332 g/mol. The second kappa shape index (κ2) is 7.41. The van der Waals surface area contributed by atoms with E-state index < -0.39 is 0 Å². The molecule has 0 saturated carbocycles. The van der Waals surface area contributed by atoms with E-state index in [2.05, 4.69) is 20.5 Å². The van der Waals surface area contributed by atoms with Crippen LogP contribution in [0.15, 0.2) is 28.2 Å². The molecule has 1 unspecified atom stereocenters. The van der Waals surface area contributed by atoms with Crippen molar-refractivity contribution in [2.45, 2.75) is 44.5 Å². The molecular weight excluding hydrogens is 312 g/mol. The predicted molar refractivity (Wildman–Crippen MR) is 91.9 cm³/mol. The fourth-order valence-corrected chi connectivity index (χ4v) is 2.81. The van der Waals surface area contributed by atoms with Crippen molar-refractivity contribution < 1.29 is 4.79 Å². The number of amides is 1. The molecule has 6 nitrogen and oxygen atoms in total. The number of nitrogens with one attached hydrogen (secondary N) is 2. The largest absolute Gasteiger partial charge is 0.325 e. The second-order valence-electron chi connectivity index (χ2n) is 5.37. The fraction of sp³-hybridized carbons (Fsp3) is 0.375. The Morgan fingerprint density at radius 2 is 2.04 bits per heavy atom. The van der Waals surface area contributed by atoms with Crippen molar-refractivity contribution in [3.63, 3.8) is 0 Å². The molecule has 0 bridgehead atoms. The SMILES string of the molecule is CCC(Sc1nnc(C)c(=O)[nH]1)C(=O)Nc1cc(C)ccc1C. The van der Waals surface area contributed by atoms with Crippen LogP contribution in [0.5, 0.6) is 0 Å². The Morgan fingerprint density at radius 3 is 2.70 bits per heavy atom. The van der Waals surface area contributed by atoms with Gasteiger partial charge in [0.2, 0.25) is 5.91 Å². The molecule has 0 fully saturated rings. The number of hydrogen-bond acceptors (Lipinski definition) is 5. The maximum atomic E-state index is 12.5. The summed E-state index contributed by atoms with van der Waals surface area (Å²) in [7, 11) is 0. The van der Waals surface area contributed by atoms with Gasteiger partial charge < -0.3 is 5.32 Å². The molecule has 0 spiro atoms. The van der Waals surface area contributed by atoms with Gasteiger partial charge >= 0.3 is 0 Å². The summed E-state index contributed by atoms with van der Waals surface area (Å²) in [6, 6.07) is 5.92. The van der Waals surface area contributed by atoms with Crippen LogP contribution in [-0.4, -0.2) is 26.3 Å². The molecule has 0 aliphatic heterocycles. The summed E-state index contributed by atoms with van der Waals surface area (Å²) in [6.07, 6.45) is 0.610. The molecule has 7 heteroatoms. The molecule has 0 aliphatic rings. The Labute approximate surface area is 139 Å². The summed E-state index contributed by atoms with van der Waals surface area (Å²) >= 11 is 1.21. The van der Waals surface area contributed by atoms with Gasteiger partial charge in [-0.05, 0) is 44.4 Å². The lowest BCUT2D eigenvalue weighted by molar-refractivity contribution is -0.115. The quantitative estimate of drug-likeness (QED) is 0.822. The Bertz CT molecular complexity index is 773. The van der Waals surface area contributed by atoms with Gasteiger partial charge in [-0.25, -0.2) is 0 Å². The number of H-pyrrole nitrogens is 1. The molecular formula is C16H20N4O2S. The van der Waals surface area contributed by atoms with Crippen LogP contribution in [0.25, 0.3) is 0 Å². The number of carbonyl (C=O) groups is 1. The van der Waals surface area contributed by atoms with E-state index in [1.807, 2.05) is 39.0 Å². The zero-order valence-electron chi connectivity index (χ0n) is 13.6. The van der Waals surface area contributed by atoms with Crippen LogP contribution in [0.3, 0.4) is 0 Å². The normalized spacial score (nSPS) is 12.0. The van der Waals surface area contributed by atoms with Crippen LogP contribution >= 0.6 is 11.8 Å². The molecule has 2 rings (SSSR count). The van der Waals surface area contributed by atoms with E-state index in [4.69, 9.17) is 0 Å². The molecule has 0 radical (unpaired) electrons. The first-order valence-electron chi connectivity index (χ1n) is 7.39. The van der Waals surface area contributed by atoms with Gasteiger partial charge in [-0.15, -0.1) is 10.2 Å². The van der Waals surface area contributed by atoms with Crippen molar-refractivity contribution in [2.75, 3.05) is 5.32 Å². The summed E-state index contributed by atoms with van der Waals surface area (Å²) in [4.78, 5) is 26.7. The Morgan fingerprint density at radius 1 is 1.30 bits per heavy atom. The molecule has 1 atom stereocenters. The number of aromatic amines is 1. The highest BCUT2D eigenvalue weighted by Crippen LogP contribution is 2.23. The molecule has 2 aromatic rings. The number of hydrogen-bond donors (Lipinski definition) is 2. The average Bonchev–Trinajstić information content (AvgIpc) is 2.51. The third kappa shape index (κ3) is 4.41. The van der Waals surface area contributed by atoms with Gasteiger partial charge in [-0.2, -0.15) is 0 Å². The molecule has 23 heavy (non-hydrogen) atoms. The molecule has 0 saturated heterocycles. The minimum absolute atomic E-state index is 0.116. The molecule has 2 N–H and O–H groups in total. The van der Waals surface area contributed by atoms with E-state index in [9.17, 15) is 9.59 Å². The number of benzene rings is 1. The number of carbonyl (C=O) groups excluding carboxylic acids is 1. The van der Waals surface area contributed by atoms with Crippen LogP contribution in [0.2, 0.25) is 0 Å². The van der Waals surface area contributed by atoms with Gasteiger partial charge in [-0.1, -0.05) is 30.8 Å². The minimum atomic E-state index is -0.359. The fourth-order valence-electron chi connectivity index (χ4n) is 1.97. The Balaban J connectivity index is 2.13. The highest BCUT2D eigenvalue weighted by Gasteiger charge is 2.20. The molecule has 1 amide bonds. The van der Waals surface area contributed by atoms with Crippen molar-refractivity contribution in [3.8, 4) is 0 Å². The maximum absolute atomic E-state index is 12.5. The smallest absolute Gasteiger partial charge is 0.273 e. The van der Waals surface area contributed by atoms with Gasteiger partial charge in [0, 0.05) is 5.69 Å². The summed E-state index contributed by atoms with van der Waals surface area (Å²) in [5.41, 5.74) is 2.92. The van der Waals surface area contributed by atoms with Crippen molar-refractivity contribution in [2.24, 2.45) is 0 Å². The minimum Gasteiger partial charge on any atom is -0.325 e. The highest BCUT2D eigenvalue weighted by atomic mass is 32.2. The molecule has 122 valence electrons. The van der Waals surface area contributed by atoms with Crippen LogP contribution in [-0.2, 0) is 4.79 Å². The van der Waals surface area contributed by atoms with Crippen molar-refractivity contribution in [1.29, 1.82) is 0 Å². The van der Waals surface area contributed by atoms with Crippen molar-refractivity contribution >= 4 is 23.4 Å². The standard InChI is InChI=1S/C16H20N4O2S/c1-5-13(23-16-18-14(21)11(4)19-20-16)15(22)17-12-8-9(2)6-7-10(12)3/h6-8,13H,5H2,1-4H3,(H,17,22)(H,18,20,21). The number of aryl methyl sites for hydroxylation is 3. The first-order chi connectivity index (χ1) is 10.9. The van der Waals surface area contributed by atoms with Crippen LogP contribution in [0, 0.1) is 20.8 Å². The zero-order chi connectivity index (χ0) is 17.0. The summed E-state index contributed by atoms with van der Waals surface area (Å²) < 4.78 is 0. The Hall–Kier alpha value is -2.15. The number of aromatic nitrogens is 3. The van der Waals surface area contributed by atoms with E-state index in [0.29, 0.717) is 17.3 Å². The van der Waals surface area contributed by atoms with Gasteiger partial charge in [0.25, 0.3) is 5.56 Å². The average molecular weight is 332 g/mol. The van der Waals surface area contributed by atoms with Crippen LogP contribution in [0.4, 0.5) is 5.69 Å². The van der Waals surface area contributed by atoms with Gasteiger partial charge in [-0.3, -0.25) is 14.6 Å². The first-order valence-corrected chi connectivity index (χ1v) is 8.27. The van der Waals surface area contributed by atoms with E-state index >= 15 is 0 Å². The lowest BCUT2D eigenvalue weighted by Crippen LogP contribution is -2.26. The summed E-state index contributed by atoms with van der Waals surface area (Å²) in [5, 5.41) is 10.7. The maximum Gasteiger partial charge on any atom is 0.273 e. The number of thioether (sulfide) groups is 1. The highest BCUT2D eigenvalue weighted by molar-refractivity contribution is 8.00. The van der Waals surface area contributed by atoms with E-state index in [0.717, 1.165) is 16.8 Å². The Kier molecular flexibility index (Phi) is 5.54. The predicted octanol–water partition coefficient (Wildman–Crippen LogP) is 2.60. The van der Waals surface area contributed by atoms with Crippen LogP contribution < -0.4 is 10.9 Å². The third-order valence-electron chi connectivity index (χ3n) is 3.41. The summed E-state index contributed by atoms with van der Waals surface area (Å²) in [5.74, 6) is -0.116. The molecule has 0 aliphatic carbocycles. The van der Waals surface area contributed by atoms with E-state index in [1.54, 1.807) is 6.92 Å². The molecule has 1 aromatic carbocycles. The number of rotatable bonds is 5. The number of nitrogens with zero attached hydrogens (tertiary/aromatic N) is 2. The van der Waals surface area contributed by atoms with Gasteiger partial charge in [0.05, 0.1) is 5.25 Å². The van der Waals surface area contributed by atoms with E-state index in [1.165, 1.54) is 11.8 Å².